The molecular formula is C11H11BrOS. The Hall–Kier alpha value is -0.540. The number of carbonyl (C=O) groups is 1. The topological polar surface area (TPSA) is 17.1 Å². The van der Waals surface area contributed by atoms with E-state index in [4.69, 9.17) is 0 Å². The average Bonchev–Trinajstić information content (AvgIpc) is 2.16. The number of thioether (sulfide) groups is 1. The highest BCUT2D eigenvalue weighted by molar-refractivity contribution is 9.10. The van der Waals surface area contributed by atoms with Gasteiger partial charge in [-0.25, -0.2) is 0 Å². The van der Waals surface area contributed by atoms with Crippen molar-refractivity contribution in [3.05, 3.63) is 39.2 Å². The zero-order chi connectivity index (χ0) is 10.6. The quantitative estimate of drug-likeness (QED) is 0.779. The minimum atomic E-state index is 0.111. The second-order valence-electron chi connectivity index (χ2n) is 2.82. The van der Waals surface area contributed by atoms with E-state index in [1.807, 2.05) is 36.6 Å². The van der Waals surface area contributed by atoms with Gasteiger partial charge in [-0.05, 0) is 37.0 Å². The molecular weight excluding hydrogens is 260 g/mol. The first-order valence-corrected chi connectivity index (χ1v) is 6.17. The summed E-state index contributed by atoms with van der Waals surface area (Å²) >= 11 is 4.84. The van der Waals surface area contributed by atoms with E-state index in [2.05, 4.69) is 15.9 Å². The first-order chi connectivity index (χ1) is 6.63. The van der Waals surface area contributed by atoms with Crippen LogP contribution < -0.4 is 0 Å². The summed E-state index contributed by atoms with van der Waals surface area (Å²) in [6, 6.07) is 7.88. The van der Waals surface area contributed by atoms with E-state index in [0.29, 0.717) is 0 Å². The van der Waals surface area contributed by atoms with E-state index < -0.39 is 0 Å². The van der Waals surface area contributed by atoms with Crippen molar-refractivity contribution in [3.8, 4) is 0 Å². The SMILES string of the molecule is CS/C(=C/c1ccc(Br)cc1)C(C)=O. The first-order valence-electron chi connectivity index (χ1n) is 4.15. The van der Waals surface area contributed by atoms with Gasteiger partial charge in [0.1, 0.15) is 0 Å². The molecule has 0 saturated carbocycles. The van der Waals surface area contributed by atoms with Crippen LogP contribution in [0.3, 0.4) is 0 Å². The molecule has 0 spiro atoms. The Bertz CT molecular complexity index is 354. The molecule has 0 atom stereocenters. The van der Waals surface area contributed by atoms with Crippen molar-refractivity contribution in [3.63, 3.8) is 0 Å². The second kappa shape index (κ2) is 5.37. The zero-order valence-corrected chi connectivity index (χ0v) is 10.5. The zero-order valence-electron chi connectivity index (χ0n) is 8.08. The monoisotopic (exact) mass is 270 g/mol. The number of hydrogen-bond acceptors (Lipinski definition) is 2. The molecule has 0 unspecified atom stereocenters. The maximum absolute atomic E-state index is 11.1. The van der Waals surface area contributed by atoms with Crippen LogP contribution in [-0.4, -0.2) is 12.0 Å². The van der Waals surface area contributed by atoms with Crippen molar-refractivity contribution in [2.75, 3.05) is 6.26 Å². The van der Waals surface area contributed by atoms with Crippen molar-refractivity contribution < 1.29 is 4.79 Å². The Morgan fingerprint density at radius 3 is 2.36 bits per heavy atom. The van der Waals surface area contributed by atoms with Gasteiger partial charge in [0.2, 0.25) is 0 Å². The third kappa shape index (κ3) is 3.31. The number of halogens is 1. The van der Waals surface area contributed by atoms with Crippen molar-refractivity contribution in [1.29, 1.82) is 0 Å². The van der Waals surface area contributed by atoms with Gasteiger partial charge in [-0.3, -0.25) is 4.79 Å². The van der Waals surface area contributed by atoms with Crippen LogP contribution in [0.5, 0.6) is 0 Å². The fourth-order valence-corrected chi connectivity index (χ4v) is 1.82. The van der Waals surface area contributed by atoms with E-state index in [-0.39, 0.29) is 5.78 Å². The van der Waals surface area contributed by atoms with E-state index >= 15 is 0 Å². The third-order valence-corrected chi connectivity index (χ3v) is 3.11. The molecule has 0 aliphatic carbocycles. The van der Waals surface area contributed by atoms with Crippen molar-refractivity contribution >= 4 is 39.6 Å². The highest BCUT2D eigenvalue weighted by atomic mass is 79.9. The molecule has 1 rings (SSSR count). The molecule has 0 aromatic heterocycles. The molecule has 0 aliphatic rings. The maximum Gasteiger partial charge on any atom is 0.166 e. The summed E-state index contributed by atoms with van der Waals surface area (Å²) in [5.41, 5.74) is 1.05. The number of benzene rings is 1. The molecule has 0 aliphatic heterocycles. The third-order valence-electron chi connectivity index (χ3n) is 1.73. The van der Waals surface area contributed by atoms with E-state index in [9.17, 15) is 4.79 Å². The van der Waals surface area contributed by atoms with E-state index in [1.165, 1.54) is 11.8 Å². The molecule has 74 valence electrons. The lowest BCUT2D eigenvalue weighted by Crippen LogP contribution is -1.90. The van der Waals surface area contributed by atoms with Crippen molar-refractivity contribution in [2.24, 2.45) is 0 Å². The van der Waals surface area contributed by atoms with Crippen LogP contribution in [0.25, 0.3) is 6.08 Å². The summed E-state index contributed by atoms with van der Waals surface area (Å²) < 4.78 is 1.04. The number of hydrogen-bond donors (Lipinski definition) is 0. The molecule has 0 fully saturated rings. The standard InChI is InChI=1S/C11H11BrOS/c1-8(13)11(14-2)7-9-3-5-10(12)6-4-9/h3-7H,1-2H3/b11-7+. The predicted octanol–water partition coefficient (Wildman–Crippen LogP) is 3.74. The first kappa shape index (κ1) is 11.5. The average molecular weight is 271 g/mol. The Morgan fingerprint density at radius 2 is 1.93 bits per heavy atom. The maximum atomic E-state index is 11.1. The molecule has 0 bridgehead atoms. The smallest absolute Gasteiger partial charge is 0.166 e. The molecule has 1 aromatic carbocycles. The van der Waals surface area contributed by atoms with Gasteiger partial charge >= 0.3 is 0 Å². The largest absolute Gasteiger partial charge is 0.294 e. The molecule has 14 heavy (non-hydrogen) atoms. The van der Waals surface area contributed by atoms with Gasteiger partial charge < -0.3 is 0 Å². The summed E-state index contributed by atoms with van der Waals surface area (Å²) in [5, 5.41) is 0. The Balaban J connectivity index is 2.95. The predicted molar refractivity (Wildman–Crippen MR) is 66.3 cm³/mol. The minimum Gasteiger partial charge on any atom is -0.294 e. The summed E-state index contributed by atoms with van der Waals surface area (Å²) in [6.45, 7) is 1.58. The van der Waals surface area contributed by atoms with Crippen LogP contribution in [-0.2, 0) is 4.79 Å². The van der Waals surface area contributed by atoms with Gasteiger partial charge in [0.05, 0.1) is 4.91 Å². The molecule has 0 heterocycles. The van der Waals surface area contributed by atoms with Crippen LogP contribution >= 0.6 is 27.7 Å². The Kier molecular flexibility index (Phi) is 4.42. The second-order valence-corrected chi connectivity index (χ2v) is 4.58. The van der Waals surface area contributed by atoms with Crippen LogP contribution in [0.4, 0.5) is 0 Å². The Morgan fingerprint density at radius 1 is 1.36 bits per heavy atom. The highest BCUT2D eigenvalue weighted by Crippen LogP contribution is 2.18. The lowest BCUT2D eigenvalue weighted by atomic mass is 10.2. The highest BCUT2D eigenvalue weighted by Gasteiger charge is 2.01. The summed E-state index contributed by atoms with van der Waals surface area (Å²) in [5.74, 6) is 0.111. The lowest BCUT2D eigenvalue weighted by molar-refractivity contribution is -0.112. The molecule has 1 nitrogen and oxygen atoms in total. The molecule has 0 N–H and O–H groups in total. The van der Waals surface area contributed by atoms with Gasteiger partial charge in [-0.15, -0.1) is 11.8 Å². The summed E-state index contributed by atoms with van der Waals surface area (Å²) in [4.78, 5) is 11.9. The fraction of sp³-hybridized carbons (Fsp3) is 0.182. The molecule has 0 amide bonds. The van der Waals surface area contributed by atoms with Crippen molar-refractivity contribution in [2.45, 2.75) is 6.92 Å². The van der Waals surface area contributed by atoms with Gasteiger partial charge in [0, 0.05) is 4.47 Å². The van der Waals surface area contributed by atoms with Crippen LogP contribution in [0.15, 0.2) is 33.6 Å². The van der Waals surface area contributed by atoms with E-state index in [0.717, 1.165) is 14.9 Å². The number of allylic oxidation sites excluding steroid dienone is 1. The summed E-state index contributed by atoms with van der Waals surface area (Å²) in [7, 11) is 0. The van der Waals surface area contributed by atoms with Gasteiger partial charge in [0.15, 0.2) is 5.78 Å². The van der Waals surface area contributed by atoms with Crippen LogP contribution in [0, 0.1) is 0 Å². The molecule has 3 heteroatoms. The molecule has 0 radical (unpaired) electrons. The van der Waals surface area contributed by atoms with Crippen LogP contribution in [0.1, 0.15) is 12.5 Å². The Labute approximate surface area is 96.7 Å². The molecule has 0 saturated heterocycles. The lowest BCUT2D eigenvalue weighted by Gasteiger charge is -1.99. The van der Waals surface area contributed by atoms with E-state index in [1.54, 1.807) is 6.92 Å². The van der Waals surface area contributed by atoms with Gasteiger partial charge in [0.25, 0.3) is 0 Å². The summed E-state index contributed by atoms with van der Waals surface area (Å²) in [6.07, 6.45) is 3.81. The normalized spacial score (nSPS) is 11.5. The van der Waals surface area contributed by atoms with Crippen LogP contribution in [0.2, 0.25) is 0 Å². The number of ketones is 1. The number of carbonyl (C=O) groups excluding carboxylic acids is 1. The number of rotatable bonds is 3. The fourth-order valence-electron chi connectivity index (χ4n) is 1.01. The van der Waals surface area contributed by atoms with Crippen molar-refractivity contribution in [1.82, 2.24) is 0 Å². The minimum absolute atomic E-state index is 0.111. The van der Waals surface area contributed by atoms with Gasteiger partial charge in [-0.2, -0.15) is 0 Å². The molecule has 1 aromatic rings. The number of Topliss-reactive ketones (excluding diaryl/α,β-unsaturated/α-hetero) is 1. The van der Waals surface area contributed by atoms with Gasteiger partial charge in [-0.1, -0.05) is 28.1 Å².